The van der Waals surface area contributed by atoms with Crippen LogP contribution in [0.25, 0.3) is 0 Å². The van der Waals surface area contributed by atoms with Crippen LogP contribution < -0.4 is 4.74 Å². The van der Waals surface area contributed by atoms with Gasteiger partial charge in [0, 0.05) is 5.57 Å². The van der Waals surface area contributed by atoms with Gasteiger partial charge in [0.1, 0.15) is 5.75 Å². The predicted molar refractivity (Wildman–Crippen MR) is 156 cm³/mol. The van der Waals surface area contributed by atoms with Crippen LogP contribution in [-0.4, -0.2) is 143 Å². The van der Waals surface area contributed by atoms with Crippen LogP contribution in [0.2, 0.25) is 0 Å². The van der Waals surface area contributed by atoms with Crippen LogP contribution in [0.1, 0.15) is 6.92 Å². The lowest BCUT2D eigenvalue weighted by Crippen LogP contribution is -2.29. The number of hydrogen-bond donors (Lipinski definition) is 1. The highest BCUT2D eigenvalue weighted by molar-refractivity contribution is 5.86. The van der Waals surface area contributed by atoms with Crippen molar-refractivity contribution in [3.8, 4) is 5.75 Å². The van der Waals surface area contributed by atoms with Crippen LogP contribution in [0.15, 0.2) is 42.5 Å². The lowest BCUT2D eigenvalue weighted by Gasteiger charge is -2.19. The zero-order chi connectivity index (χ0) is 31.1. The van der Waals surface area contributed by atoms with E-state index in [-0.39, 0.29) is 19.8 Å². The first-order valence-electron chi connectivity index (χ1n) is 14.5. The number of para-hydroxylation sites is 1. The van der Waals surface area contributed by atoms with E-state index in [0.717, 1.165) is 0 Å². The second kappa shape index (κ2) is 29.9. The monoisotopic (exact) mass is 618 g/mol. The summed E-state index contributed by atoms with van der Waals surface area (Å²) in [6.07, 6.45) is -0.772. The minimum Gasteiger partial charge on any atom is -0.461 e. The molecule has 0 spiro atoms. The van der Waals surface area contributed by atoms with Gasteiger partial charge in [-0.25, -0.2) is 4.79 Å². The fraction of sp³-hybridized carbons (Fsp3) is 0.700. The second-order valence-corrected chi connectivity index (χ2v) is 8.73. The Balaban J connectivity index is 1.84. The first-order chi connectivity index (χ1) is 21.1. The van der Waals surface area contributed by atoms with E-state index in [1.165, 1.54) is 0 Å². The molecule has 1 N–H and O–H groups in total. The maximum atomic E-state index is 11.7. The molecule has 1 unspecified atom stereocenters. The molecule has 1 aromatic rings. The van der Waals surface area contributed by atoms with Crippen molar-refractivity contribution in [3.05, 3.63) is 42.5 Å². The molecule has 0 saturated heterocycles. The summed E-state index contributed by atoms with van der Waals surface area (Å²) in [4.78, 5) is 11.7. The van der Waals surface area contributed by atoms with Gasteiger partial charge in [-0.2, -0.15) is 0 Å². The van der Waals surface area contributed by atoms with E-state index in [9.17, 15) is 4.79 Å². The highest BCUT2D eigenvalue weighted by atomic mass is 16.7. The summed E-state index contributed by atoms with van der Waals surface area (Å²) < 4.78 is 59.7. The molecule has 0 aromatic heterocycles. The molecule has 0 aliphatic carbocycles. The van der Waals surface area contributed by atoms with Gasteiger partial charge in [-0.05, 0) is 19.1 Å². The highest BCUT2D eigenvalue weighted by Crippen LogP contribution is 2.12. The Labute approximate surface area is 255 Å². The lowest BCUT2D eigenvalue weighted by molar-refractivity contribution is -0.159. The van der Waals surface area contributed by atoms with E-state index in [1.54, 1.807) is 19.1 Å². The van der Waals surface area contributed by atoms with Gasteiger partial charge in [-0.15, -0.1) is 0 Å². The molecular formula is C30H50O13. The van der Waals surface area contributed by atoms with E-state index < -0.39 is 12.3 Å². The predicted octanol–water partition coefficient (Wildman–Crippen LogP) is 1.65. The number of aliphatic hydroxyl groups excluding tert-OH is 1. The summed E-state index contributed by atoms with van der Waals surface area (Å²) in [6.45, 7) is 12.6. The Morgan fingerprint density at radius 1 is 0.628 bits per heavy atom. The molecular weight excluding hydrogens is 568 g/mol. The third-order valence-corrected chi connectivity index (χ3v) is 5.08. The Kier molecular flexibility index (Phi) is 27.0. The van der Waals surface area contributed by atoms with E-state index in [1.807, 2.05) is 18.2 Å². The quantitative estimate of drug-likeness (QED) is 0.0542. The molecule has 1 atom stereocenters. The third-order valence-electron chi connectivity index (χ3n) is 5.08. The summed E-state index contributed by atoms with van der Waals surface area (Å²) in [5.74, 6) is 0.0985. The minimum atomic E-state index is -0.772. The lowest BCUT2D eigenvalue weighted by atomic mass is 10.3. The fourth-order valence-corrected chi connectivity index (χ4v) is 2.98. The van der Waals surface area contributed by atoms with Crippen LogP contribution in [0.4, 0.5) is 0 Å². The number of carbonyl (C=O) groups is 1. The van der Waals surface area contributed by atoms with Gasteiger partial charge >= 0.3 is 5.97 Å². The molecule has 0 heterocycles. The average molecular weight is 619 g/mol. The van der Waals surface area contributed by atoms with Crippen LogP contribution in [0, 0.1) is 0 Å². The topological polar surface area (TPSA) is 139 Å². The van der Waals surface area contributed by atoms with Gasteiger partial charge in [-0.3, -0.25) is 0 Å². The molecule has 13 heteroatoms. The molecule has 0 aliphatic rings. The summed E-state index contributed by atoms with van der Waals surface area (Å²) in [7, 11) is 0. The Morgan fingerprint density at radius 3 is 1.37 bits per heavy atom. The van der Waals surface area contributed by atoms with E-state index >= 15 is 0 Å². The summed E-state index contributed by atoms with van der Waals surface area (Å²) in [5.41, 5.74) is 0.303. The van der Waals surface area contributed by atoms with Crippen molar-refractivity contribution in [2.75, 3.05) is 126 Å². The van der Waals surface area contributed by atoms with Crippen LogP contribution in [0.3, 0.4) is 0 Å². The van der Waals surface area contributed by atoms with Gasteiger partial charge in [0.2, 0.25) is 6.29 Å². The number of carbonyl (C=O) groups excluding carboxylic acids is 1. The molecule has 1 rings (SSSR count). The van der Waals surface area contributed by atoms with E-state index in [2.05, 4.69) is 6.58 Å². The second-order valence-electron chi connectivity index (χ2n) is 8.73. The van der Waals surface area contributed by atoms with Crippen molar-refractivity contribution in [1.82, 2.24) is 0 Å². The molecule has 248 valence electrons. The van der Waals surface area contributed by atoms with Crippen molar-refractivity contribution in [1.29, 1.82) is 0 Å². The normalized spacial score (nSPS) is 11.9. The average Bonchev–Trinajstić information content (AvgIpc) is 3.01. The van der Waals surface area contributed by atoms with Gasteiger partial charge in [-0.1, -0.05) is 24.8 Å². The molecule has 0 fully saturated rings. The Bertz CT molecular complexity index is 766. The smallest absolute Gasteiger partial charge is 0.333 e. The van der Waals surface area contributed by atoms with Crippen molar-refractivity contribution in [2.45, 2.75) is 13.2 Å². The molecule has 13 nitrogen and oxygen atoms in total. The number of aliphatic hydroxyl groups is 1. The van der Waals surface area contributed by atoms with Crippen LogP contribution >= 0.6 is 0 Å². The summed E-state index contributed by atoms with van der Waals surface area (Å²) in [6, 6.07) is 9.14. The van der Waals surface area contributed by atoms with E-state index in [0.29, 0.717) is 117 Å². The van der Waals surface area contributed by atoms with Gasteiger partial charge in [0.15, 0.2) is 6.61 Å². The van der Waals surface area contributed by atoms with Crippen LogP contribution in [0.5, 0.6) is 5.75 Å². The number of hydrogen-bond acceptors (Lipinski definition) is 13. The first-order valence-corrected chi connectivity index (χ1v) is 14.5. The number of esters is 1. The Hall–Kier alpha value is -2.17. The van der Waals surface area contributed by atoms with Crippen molar-refractivity contribution in [2.24, 2.45) is 0 Å². The van der Waals surface area contributed by atoms with Crippen molar-refractivity contribution >= 4 is 5.97 Å². The van der Waals surface area contributed by atoms with Gasteiger partial charge in [0.05, 0.1) is 119 Å². The third kappa shape index (κ3) is 26.0. The van der Waals surface area contributed by atoms with E-state index in [4.69, 9.17) is 57.2 Å². The molecule has 0 aliphatic heterocycles. The zero-order valence-electron chi connectivity index (χ0n) is 25.5. The fourth-order valence-electron chi connectivity index (χ4n) is 2.98. The largest absolute Gasteiger partial charge is 0.461 e. The first kappa shape index (κ1) is 38.9. The molecule has 0 saturated carbocycles. The van der Waals surface area contributed by atoms with Crippen LogP contribution in [-0.2, 0) is 52.2 Å². The molecule has 0 bridgehead atoms. The van der Waals surface area contributed by atoms with Gasteiger partial charge in [0.25, 0.3) is 0 Å². The zero-order valence-corrected chi connectivity index (χ0v) is 25.5. The summed E-state index contributed by atoms with van der Waals surface area (Å²) in [5, 5.41) is 8.58. The molecule has 0 amide bonds. The standard InChI is InChI=1S/C30H50O13/c1-27(2)30(32)42-26-29(43-28-6-4-3-5-7-28)41-25-24-40-23-22-39-21-20-38-19-18-37-17-16-36-15-14-35-13-12-34-11-10-33-9-8-31/h3-7,29,31H,1,8-26H2,2H3. The number of rotatable bonds is 32. The number of benzene rings is 1. The number of ether oxygens (including phenoxy) is 11. The van der Waals surface area contributed by atoms with Crippen molar-refractivity contribution < 1.29 is 62.0 Å². The maximum absolute atomic E-state index is 11.7. The minimum absolute atomic E-state index is 0.0182. The maximum Gasteiger partial charge on any atom is 0.333 e. The Morgan fingerprint density at radius 2 is 1.00 bits per heavy atom. The van der Waals surface area contributed by atoms with Crippen molar-refractivity contribution in [3.63, 3.8) is 0 Å². The molecule has 43 heavy (non-hydrogen) atoms. The molecule has 0 radical (unpaired) electrons. The SMILES string of the molecule is C=C(C)C(=O)OCC(OCCOCCOCCOCCOCCOCCOCCOCCOCCO)Oc1ccccc1. The summed E-state index contributed by atoms with van der Waals surface area (Å²) >= 11 is 0. The highest BCUT2D eigenvalue weighted by Gasteiger charge is 2.15. The van der Waals surface area contributed by atoms with Gasteiger partial charge < -0.3 is 57.2 Å². The molecule has 1 aromatic carbocycles.